The molecule has 0 saturated heterocycles. The Labute approximate surface area is 200 Å². The number of hydrogen-bond acceptors (Lipinski definition) is 6. The SMILES string of the molecule is C=C.C=CC(=O)OCC/C=C/CCOC(=O)c1ccc(-c2ccc(OC(=O)C(=C)C)cc2)cc1. The van der Waals surface area contributed by atoms with Crippen molar-refractivity contribution in [2.45, 2.75) is 19.8 Å². The number of esters is 3. The third kappa shape index (κ3) is 9.96. The maximum absolute atomic E-state index is 12.2. The Kier molecular flexibility index (Phi) is 12.8. The number of benzene rings is 2. The van der Waals surface area contributed by atoms with Gasteiger partial charge < -0.3 is 14.2 Å². The van der Waals surface area contributed by atoms with E-state index in [-0.39, 0.29) is 13.2 Å². The van der Waals surface area contributed by atoms with Gasteiger partial charge in [0.25, 0.3) is 0 Å². The summed E-state index contributed by atoms with van der Waals surface area (Å²) in [5, 5.41) is 0. The van der Waals surface area contributed by atoms with Crippen LogP contribution >= 0.6 is 0 Å². The molecule has 0 aromatic heterocycles. The van der Waals surface area contributed by atoms with Gasteiger partial charge in [0.1, 0.15) is 5.75 Å². The molecule has 178 valence electrons. The highest BCUT2D eigenvalue weighted by Gasteiger charge is 2.08. The van der Waals surface area contributed by atoms with Crippen molar-refractivity contribution in [3.05, 3.63) is 104 Å². The number of ether oxygens (including phenoxy) is 3. The molecule has 2 rings (SSSR count). The molecule has 0 radical (unpaired) electrons. The van der Waals surface area contributed by atoms with E-state index in [9.17, 15) is 14.4 Å². The highest BCUT2D eigenvalue weighted by Crippen LogP contribution is 2.23. The van der Waals surface area contributed by atoms with Crippen LogP contribution in [0.5, 0.6) is 5.75 Å². The van der Waals surface area contributed by atoms with Crippen LogP contribution in [0.25, 0.3) is 11.1 Å². The minimum absolute atomic E-state index is 0.258. The van der Waals surface area contributed by atoms with Crippen molar-refractivity contribution in [2.24, 2.45) is 0 Å². The van der Waals surface area contributed by atoms with Crippen molar-refractivity contribution in [1.29, 1.82) is 0 Å². The first-order valence-corrected chi connectivity index (χ1v) is 10.6. The molecule has 0 atom stereocenters. The van der Waals surface area contributed by atoms with E-state index in [0.29, 0.717) is 29.7 Å². The fraction of sp³-hybridized carbons (Fsp3) is 0.179. The molecule has 0 aliphatic rings. The third-order valence-electron chi connectivity index (χ3n) is 4.25. The summed E-state index contributed by atoms with van der Waals surface area (Å²) in [6.07, 6.45) is 6.02. The smallest absolute Gasteiger partial charge is 0.338 e. The molecular formula is C28H30O6. The minimum Gasteiger partial charge on any atom is -0.462 e. The summed E-state index contributed by atoms with van der Waals surface area (Å²) in [6.45, 7) is 15.0. The van der Waals surface area contributed by atoms with Crippen LogP contribution < -0.4 is 4.74 Å². The Hall–Kier alpha value is -4.19. The Morgan fingerprint density at radius 2 is 1.32 bits per heavy atom. The quantitative estimate of drug-likeness (QED) is 0.137. The van der Waals surface area contributed by atoms with Gasteiger partial charge in [-0.1, -0.05) is 49.6 Å². The van der Waals surface area contributed by atoms with Crippen molar-refractivity contribution in [3.8, 4) is 16.9 Å². The standard InChI is InChI=1S/C26H26O6.C2H4/c1-4-24(27)30-17-7-5-6-8-18-31-26(29)22-11-9-20(10-12-22)21-13-15-23(16-14-21)32-25(28)19(2)3;1-2/h4-6,9-16H,1-2,7-8,17-18H2,3H3;1-2H2/b6-5+;. The van der Waals surface area contributed by atoms with Gasteiger partial charge in [0.05, 0.1) is 18.8 Å². The molecule has 2 aromatic rings. The van der Waals surface area contributed by atoms with E-state index in [1.807, 2.05) is 36.4 Å². The second-order valence-electron chi connectivity index (χ2n) is 6.83. The summed E-state index contributed by atoms with van der Waals surface area (Å²) in [4.78, 5) is 34.6. The summed E-state index contributed by atoms with van der Waals surface area (Å²) in [5.74, 6) is -0.870. The fourth-order valence-corrected chi connectivity index (χ4v) is 2.53. The van der Waals surface area contributed by atoms with Gasteiger partial charge in [-0.25, -0.2) is 14.4 Å². The molecule has 0 bridgehead atoms. The number of carbonyl (C=O) groups excluding carboxylic acids is 3. The summed E-state index contributed by atoms with van der Waals surface area (Å²) in [6, 6.07) is 14.1. The van der Waals surface area contributed by atoms with E-state index in [4.69, 9.17) is 14.2 Å². The normalized spacial score (nSPS) is 9.91. The van der Waals surface area contributed by atoms with Gasteiger partial charge >= 0.3 is 17.9 Å². The molecule has 0 aliphatic carbocycles. The van der Waals surface area contributed by atoms with E-state index in [1.165, 1.54) is 0 Å². The number of rotatable bonds is 11. The molecule has 6 heteroatoms. The van der Waals surface area contributed by atoms with E-state index in [1.54, 1.807) is 31.2 Å². The van der Waals surface area contributed by atoms with Crippen LogP contribution in [0.1, 0.15) is 30.1 Å². The van der Waals surface area contributed by atoms with Crippen LogP contribution in [-0.2, 0) is 19.1 Å². The van der Waals surface area contributed by atoms with Gasteiger partial charge in [0.2, 0.25) is 0 Å². The highest BCUT2D eigenvalue weighted by atomic mass is 16.5. The largest absolute Gasteiger partial charge is 0.462 e. The number of carbonyl (C=O) groups is 3. The average molecular weight is 463 g/mol. The molecule has 0 saturated carbocycles. The molecule has 0 amide bonds. The van der Waals surface area contributed by atoms with Crippen LogP contribution in [0, 0.1) is 0 Å². The lowest BCUT2D eigenvalue weighted by atomic mass is 10.0. The molecule has 0 N–H and O–H groups in total. The topological polar surface area (TPSA) is 78.9 Å². The van der Waals surface area contributed by atoms with E-state index in [2.05, 4.69) is 26.3 Å². The minimum atomic E-state index is -0.467. The first kappa shape index (κ1) is 27.8. The maximum Gasteiger partial charge on any atom is 0.338 e. The van der Waals surface area contributed by atoms with Gasteiger partial charge in [-0.05, 0) is 55.2 Å². The zero-order valence-electron chi connectivity index (χ0n) is 19.5. The molecule has 0 heterocycles. The van der Waals surface area contributed by atoms with Gasteiger partial charge in [0, 0.05) is 11.6 Å². The summed E-state index contributed by atoms with van der Waals surface area (Å²) < 4.78 is 15.3. The monoisotopic (exact) mass is 462 g/mol. The second-order valence-corrected chi connectivity index (χ2v) is 6.83. The van der Waals surface area contributed by atoms with Crippen molar-refractivity contribution in [2.75, 3.05) is 13.2 Å². The van der Waals surface area contributed by atoms with Crippen molar-refractivity contribution in [3.63, 3.8) is 0 Å². The van der Waals surface area contributed by atoms with E-state index < -0.39 is 17.9 Å². The lowest BCUT2D eigenvalue weighted by molar-refractivity contribution is -0.137. The van der Waals surface area contributed by atoms with Gasteiger partial charge in [0.15, 0.2) is 0 Å². The molecule has 2 aromatic carbocycles. The zero-order chi connectivity index (χ0) is 25.3. The predicted molar refractivity (Wildman–Crippen MR) is 133 cm³/mol. The first-order valence-electron chi connectivity index (χ1n) is 10.6. The van der Waals surface area contributed by atoms with Crippen molar-refractivity contribution < 1.29 is 28.6 Å². The molecule has 34 heavy (non-hydrogen) atoms. The molecule has 6 nitrogen and oxygen atoms in total. The molecule has 0 spiro atoms. The third-order valence-corrected chi connectivity index (χ3v) is 4.25. The molecule has 0 fully saturated rings. The van der Waals surface area contributed by atoms with E-state index >= 15 is 0 Å². The van der Waals surface area contributed by atoms with Crippen molar-refractivity contribution in [1.82, 2.24) is 0 Å². The predicted octanol–water partition coefficient (Wildman–Crippen LogP) is 5.86. The van der Waals surface area contributed by atoms with Crippen LogP contribution in [0.2, 0.25) is 0 Å². The zero-order valence-corrected chi connectivity index (χ0v) is 19.5. The lowest BCUT2D eigenvalue weighted by Gasteiger charge is -2.07. The Bertz CT molecular complexity index is 1000. The summed E-state index contributed by atoms with van der Waals surface area (Å²) in [5.41, 5.74) is 2.63. The molecule has 0 aliphatic heterocycles. The van der Waals surface area contributed by atoms with Crippen LogP contribution in [0.4, 0.5) is 0 Å². The lowest BCUT2D eigenvalue weighted by Crippen LogP contribution is -2.07. The Morgan fingerprint density at radius 3 is 1.82 bits per heavy atom. The maximum atomic E-state index is 12.2. The Morgan fingerprint density at radius 1 is 0.824 bits per heavy atom. The molecule has 0 unspecified atom stereocenters. The first-order chi connectivity index (χ1) is 16.4. The highest BCUT2D eigenvalue weighted by molar-refractivity contribution is 5.90. The Balaban J connectivity index is 0.00000281. The fourth-order valence-electron chi connectivity index (χ4n) is 2.53. The van der Waals surface area contributed by atoms with Crippen molar-refractivity contribution >= 4 is 17.9 Å². The summed E-state index contributed by atoms with van der Waals surface area (Å²) in [7, 11) is 0. The molecular weight excluding hydrogens is 432 g/mol. The van der Waals surface area contributed by atoms with Crippen LogP contribution in [0.3, 0.4) is 0 Å². The number of hydrogen-bond donors (Lipinski definition) is 0. The van der Waals surface area contributed by atoms with Gasteiger partial charge in [-0.15, -0.1) is 13.2 Å². The van der Waals surface area contributed by atoms with Gasteiger partial charge in [-0.2, -0.15) is 0 Å². The van der Waals surface area contributed by atoms with Gasteiger partial charge in [-0.3, -0.25) is 0 Å². The summed E-state index contributed by atoms with van der Waals surface area (Å²) >= 11 is 0. The van der Waals surface area contributed by atoms with Crippen LogP contribution in [0.15, 0.2) is 98.6 Å². The average Bonchev–Trinajstić information content (AvgIpc) is 2.87. The van der Waals surface area contributed by atoms with Crippen LogP contribution in [-0.4, -0.2) is 31.1 Å². The second kappa shape index (κ2) is 15.6. The van der Waals surface area contributed by atoms with E-state index in [0.717, 1.165) is 17.2 Å².